The fourth-order valence-electron chi connectivity index (χ4n) is 1.56. The molecule has 3 nitrogen and oxygen atoms in total. The minimum atomic E-state index is -6.28. The predicted molar refractivity (Wildman–Crippen MR) is 44.7 cm³/mol. The Labute approximate surface area is 118 Å². The number of ether oxygens (including phenoxy) is 2. The quantitative estimate of drug-likeness (QED) is 0.752. The van der Waals surface area contributed by atoms with E-state index < -0.39 is 49.4 Å². The fourth-order valence-corrected chi connectivity index (χ4v) is 1.56. The van der Waals surface area contributed by atoms with E-state index >= 15 is 0 Å². The van der Waals surface area contributed by atoms with Gasteiger partial charge in [0.1, 0.15) is 6.23 Å². The molecule has 1 atom stereocenters. The molecular formula is C8H5F12NO2. The van der Waals surface area contributed by atoms with Crippen molar-refractivity contribution in [3.8, 4) is 0 Å². The third-order valence-electron chi connectivity index (χ3n) is 2.50. The lowest BCUT2D eigenvalue weighted by molar-refractivity contribution is -0.444. The van der Waals surface area contributed by atoms with Crippen LogP contribution in [0.2, 0.25) is 0 Å². The second-order valence-corrected chi connectivity index (χ2v) is 4.21. The lowest BCUT2D eigenvalue weighted by Crippen LogP contribution is -2.60. The molecule has 1 fully saturated rings. The molecule has 0 spiro atoms. The molecule has 0 saturated carbocycles. The Morgan fingerprint density at radius 2 is 1.17 bits per heavy atom. The smallest absolute Gasteiger partial charge is 0.331 e. The van der Waals surface area contributed by atoms with Gasteiger partial charge in [0.25, 0.3) is 0 Å². The lowest BCUT2D eigenvalue weighted by atomic mass is 10.2. The van der Waals surface area contributed by atoms with Crippen LogP contribution in [0.1, 0.15) is 0 Å². The molecule has 0 aliphatic carbocycles. The molecule has 0 aromatic heterocycles. The molecule has 138 valence electrons. The second kappa shape index (κ2) is 5.54. The highest BCUT2D eigenvalue weighted by atomic mass is 19.4. The highest BCUT2D eigenvalue weighted by Gasteiger charge is 2.77. The maximum Gasteiger partial charge on any atom is 0.453 e. The Balaban J connectivity index is 3.03. The molecule has 0 amide bonds. The number of alkyl halides is 12. The molecule has 23 heavy (non-hydrogen) atoms. The maximum absolute atomic E-state index is 12.4. The summed E-state index contributed by atoms with van der Waals surface area (Å²) in [7, 11) is 0. The summed E-state index contributed by atoms with van der Waals surface area (Å²) in [5, 5.41) is 0.498. The zero-order valence-electron chi connectivity index (χ0n) is 10.2. The van der Waals surface area contributed by atoms with Crippen molar-refractivity contribution in [3.05, 3.63) is 0 Å². The Hall–Kier alpha value is -0.960. The van der Waals surface area contributed by atoms with Crippen molar-refractivity contribution in [1.29, 1.82) is 0 Å². The monoisotopic (exact) mass is 375 g/mol. The van der Waals surface area contributed by atoms with E-state index in [1.165, 1.54) is 0 Å². The van der Waals surface area contributed by atoms with Crippen molar-refractivity contribution in [2.75, 3.05) is 6.61 Å². The normalized spacial score (nSPS) is 23.6. The van der Waals surface area contributed by atoms with Crippen molar-refractivity contribution in [2.45, 2.75) is 42.8 Å². The van der Waals surface area contributed by atoms with E-state index in [0.29, 0.717) is 5.32 Å². The van der Waals surface area contributed by atoms with Gasteiger partial charge in [-0.25, -0.2) is 0 Å². The Morgan fingerprint density at radius 3 is 1.43 bits per heavy atom. The molecule has 1 unspecified atom stereocenters. The number of halogens is 12. The number of hydrogen-bond donors (Lipinski definition) is 1. The number of nitrogens with one attached hydrogen (secondary N) is 1. The van der Waals surface area contributed by atoms with Crippen molar-refractivity contribution in [3.63, 3.8) is 0 Å². The van der Waals surface area contributed by atoms with Gasteiger partial charge in [-0.15, -0.1) is 0 Å². The standard InChI is InChI=1S/C8H5F12NO2/c9-4(10,11)3(5(12,13)14)21-2-1-22-6(23-2,7(15,16)17)8(18,19)20/h2-3,21H,1H2. The van der Waals surface area contributed by atoms with E-state index in [2.05, 4.69) is 9.47 Å². The molecule has 1 aliphatic heterocycles. The summed E-state index contributed by atoms with van der Waals surface area (Å²) in [5.74, 6) is -5.32. The molecule has 1 heterocycles. The van der Waals surface area contributed by atoms with Crippen LogP contribution in [0.25, 0.3) is 0 Å². The van der Waals surface area contributed by atoms with Gasteiger partial charge in [-0.2, -0.15) is 52.7 Å². The summed E-state index contributed by atoms with van der Waals surface area (Å²) in [6.45, 7) is -1.85. The van der Waals surface area contributed by atoms with Crippen LogP contribution >= 0.6 is 0 Å². The van der Waals surface area contributed by atoms with Gasteiger partial charge < -0.3 is 9.47 Å². The molecular weight excluding hydrogens is 370 g/mol. The van der Waals surface area contributed by atoms with Gasteiger partial charge in [-0.05, 0) is 0 Å². The molecule has 0 aromatic rings. The van der Waals surface area contributed by atoms with Gasteiger partial charge in [0, 0.05) is 0 Å². The van der Waals surface area contributed by atoms with Gasteiger partial charge in [0.2, 0.25) is 6.04 Å². The summed E-state index contributed by atoms with van der Waals surface area (Å²) in [5.41, 5.74) is 0. The summed E-state index contributed by atoms with van der Waals surface area (Å²) in [6.07, 6.45) is -27.6. The van der Waals surface area contributed by atoms with Gasteiger partial charge in [-0.1, -0.05) is 0 Å². The zero-order valence-corrected chi connectivity index (χ0v) is 10.2. The van der Waals surface area contributed by atoms with E-state index in [1.807, 2.05) is 0 Å². The van der Waals surface area contributed by atoms with Crippen LogP contribution in [0.4, 0.5) is 52.7 Å². The number of rotatable bonds is 2. The predicted octanol–water partition coefficient (Wildman–Crippen LogP) is 3.26. The highest BCUT2D eigenvalue weighted by molar-refractivity contribution is 4.94. The van der Waals surface area contributed by atoms with Crippen molar-refractivity contribution < 1.29 is 62.2 Å². The average molecular weight is 375 g/mol. The maximum atomic E-state index is 12.4. The lowest BCUT2D eigenvalue weighted by Gasteiger charge is -2.32. The van der Waals surface area contributed by atoms with Crippen molar-refractivity contribution >= 4 is 0 Å². The summed E-state index contributed by atoms with van der Waals surface area (Å²) in [4.78, 5) is 0. The fraction of sp³-hybridized carbons (Fsp3) is 1.00. The van der Waals surface area contributed by atoms with Crippen LogP contribution in [0, 0.1) is 0 Å². The van der Waals surface area contributed by atoms with Gasteiger partial charge in [0.05, 0.1) is 6.61 Å². The molecule has 15 heteroatoms. The number of hydrogen-bond acceptors (Lipinski definition) is 3. The zero-order chi connectivity index (χ0) is 18.5. The Bertz CT molecular complexity index is 393. The topological polar surface area (TPSA) is 30.5 Å². The highest BCUT2D eigenvalue weighted by Crippen LogP contribution is 2.50. The van der Waals surface area contributed by atoms with Crippen LogP contribution in [0.15, 0.2) is 0 Å². The minimum absolute atomic E-state index is 0.498. The molecule has 1 saturated heterocycles. The summed E-state index contributed by atoms with van der Waals surface area (Å²) < 4.78 is 155. The summed E-state index contributed by atoms with van der Waals surface area (Å²) >= 11 is 0. The minimum Gasteiger partial charge on any atom is -0.331 e. The molecule has 0 aromatic carbocycles. The van der Waals surface area contributed by atoms with E-state index in [9.17, 15) is 52.7 Å². The van der Waals surface area contributed by atoms with Crippen molar-refractivity contribution in [2.24, 2.45) is 0 Å². The average Bonchev–Trinajstić information content (AvgIpc) is 2.66. The third-order valence-corrected chi connectivity index (χ3v) is 2.50. The van der Waals surface area contributed by atoms with Gasteiger partial charge in [0.15, 0.2) is 0 Å². The molecule has 0 bridgehead atoms. The SMILES string of the molecule is FC(F)(F)C(NC1COC(C(F)(F)F)(C(F)(F)F)O1)C(F)(F)F. The van der Waals surface area contributed by atoms with Crippen LogP contribution in [-0.2, 0) is 9.47 Å². The molecule has 1 aliphatic rings. The summed E-state index contributed by atoms with van der Waals surface area (Å²) in [6, 6.07) is -4.40. The Morgan fingerprint density at radius 1 is 0.783 bits per heavy atom. The molecule has 1 N–H and O–H groups in total. The first-order chi connectivity index (χ1) is 9.92. The Kier molecular flexibility index (Phi) is 4.84. The van der Waals surface area contributed by atoms with E-state index in [-0.39, 0.29) is 0 Å². The first-order valence-corrected chi connectivity index (χ1v) is 5.26. The van der Waals surface area contributed by atoms with Gasteiger partial charge >= 0.3 is 30.5 Å². The molecule has 0 radical (unpaired) electrons. The largest absolute Gasteiger partial charge is 0.453 e. The van der Waals surface area contributed by atoms with Crippen LogP contribution < -0.4 is 5.32 Å². The second-order valence-electron chi connectivity index (χ2n) is 4.21. The van der Waals surface area contributed by atoms with E-state index in [1.54, 1.807) is 0 Å². The van der Waals surface area contributed by atoms with Crippen molar-refractivity contribution in [1.82, 2.24) is 5.32 Å². The first-order valence-electron chi connectivity index (χ1n) is 5.26. The van der Waals surface area contributed by atoms with Crippen LogP contribution in [0.3, 0.4) is 0 Å². The molecule has 1 rings (SSSR count). The first kappa shape index (κ1) is 20.1. The third kappa shape index (κ3) is 3.93. The van der Waals surface area contributed by atoms with Gasteiger partial charge in [-0.3, -0.25) is 5.32 Å². The van der Waals surface area contributed by atoms with Crippen LogP contribution in [-0.4, -0.2) is 49.4 Å². The van der Waals surface area contributed by atoms with E-state index in [0.717, 1.165) is 0 Å². The van der Waals surface area contributed by atoms with Crippen LogP contribution in [0.5, 0.6) is 0 Å². The van der Waals surface area contributed by atoms with E-state index in [4.69, 9.17) is 0 Å².